The Morgan fingerprint density at radius 1 is 0.939 bits per heavy atom. The maximum absolute atomic E-state index is 14.2. The summed E-state index contributed by atoms with van der Waals surface area (Å²) in [6.07, 6.45) is -0.491. The van der Waals surface area contributed by atoms with Gasteiger partial charge in [-0.15, -0.1) is 0 Å². The molecule has 13 heteroatoms. The molecule has 0 saturated heterocycles. The summed E-state index contributed by atoms with van der Waals surface area (Å²) in [5.41, 5.74) is 3.59. The molecule has 0 saturated carbocycles. The van der Waals surface area contributed by atoms with Gasteiger partial charge in [0.05, 0.1) is 25.3 Å². The number of rotatable bonds is 14. The summed E-state index contributed by atoms with van der Waals surface area (Å²) in [4.78, 5) is 36.5. The summed E-state index contributed by atoms with van der Waals surface area (Å²) in [7, 11) is 1.39. The number of carboxylic acid groups (broad SMARTS) is 2. The number of amides is 1. The second-order valence-corrected chi connectivity index (χ2v) is 11.2. The average molecular weight is 689 g/mol. The number of aromatic carboxylic acids is 1. The third-order valence-corrected chi connectivity index (χ3v) is 7.52. The van der Waals surface area contributed by atoms with E-state index in [1.165, 1.54) is 43.5 Å². The maximum Gasteiger partial charge on any atom is 1.00 e. The molecule has 1 heterocycles. The topological polar surface area (TPSA) is 164 Å². The third-order valence-electron chi connectivity index (χ3n) is 7.52. The molecule has 0 spiro atoms. The zero-order valence-corrected chi connectivity index (χ0v) is 32.1. The molecule has 10 nitrogen and oxygen atoms in total. The van der Waals surface area contributed by atoms with Crippen LogP contribution in [0.15, 0.2) is 78.9 Å². The van der Waals surface area contributed by atoms with E-state index in [2.05, 4.69) is 5.32 Å². The Hall–Kier alpha value is -3.26. The number of aliphatic hydroxyl groups is 2. The number of halogens is 1. The Kier molecular flexibility index (Phi) is 16.4. The molecule has 4 aromatic rings. The van der Waals surface area contributed by atoms with E-state index >= 15 is 0 Å². The minimum atomic E-state index is -1.45. The van der Waals surface area contributed by atoms with Crippen molar-refractivity contribution in [1.82, 2.24) is 9.88 Å². The summed E-state index contributed by atoms with van der Waals surface area (Å²) in [5, 5.41) is 45.9. The number of carboxylic acids is 2. The summed E-state index contributed by atoms with van der Waals surface area (Å²) in [6, 6.07) is 18.8. The second-order valence-electron chi connectivity index (χ2n) is 11.2. The van der Waals surface area contributed by atoms with E-state index in [9.17, 15) is 39.2 Å². The SMILES string of the molecule is COc1cc(C(=O)[O-])ccc1CNC(=O)c1c(-c2ccccc2)c(-c2ccc(F)cc2)c(/C=C/[C@@H](O)C[C@@H](O)CC(=O)[O-])n1C(C)C.[Na+].[Na+]. The van der Waals surface area contributed by atoms with Crippen LogP contribution in [0.25, 0.3) is 28.3 Å². The number of carbonyl (C=O) groups is 3. The van der Waals surface area contributed by atoms with Crippen LogP contribution in [-0.4, -0.2) is 51.9 Å². The Balaban J connectivity index is 0.00000417. The molecule has 0 aliphatic carbocycles. The normalized spacial score (nSPS) is 12.1. The van der Waals surface area contributed by atoms with E-state index in [4.69, 9.17) is 4.74 Å². The zero-order valence-electron chi connectivity index (χ0n) is 28.1. The monoisotopic (exact) mass is 688 g/mol. The fourth-order valence-electron chi connectivity index (χ4n) is 5.44. The van der Waals surface area contributed by atoms with Gasteiger partial charge in [0.15, 0.2) is 0 Å². The smallest absolute Gasteiger partial charge is 0.550 e. The Bertz CT molecular complexity index is 1780. The van der Waals surface area contributed by atoms with Crippen LogP contribution in [0.4, 0.5) is 4.39 Å². The average Bonchev–Trinajstić information content (AvgIpc) is 3.38. The number of nitrogens with zero attached hydrogens (tertiary/aromatic N) is 1. The predicted molar refractivity (Wildman–Crippen MR) is 169 cm³/mol. The molecule has 0 aliphatic heterocycles. The van der Waals surface area contributed by atoms with E-state index in [1.807, 2.05) is 44.2 Å². The summed E-state index contributed by atoms with van der Waals surface area (Å²) >= 11 is 0. The minimum absolute atomic E-state index is 0. The summed E-state index contributed by atoms with van der Waals surface area (Å²) in [5.74, 6) is -3.49. The van der Waals surface area contributed by atoms with Crippen LogP contribution in [-0.2, 0) is 11.3 Å². The number of ether oxygens (including phenoxy) is 1. The molecular formula is C36H35FN2Na2O8. The van der Waals surface area contributed by atoms with Crippen molar-refractivity contribution in [2.24, 2.45) is 0 Å². The Morgan fingerprint density at radius 2 is 1.57 bits per heavy atom. The molecule has 1 amide bonds. The van der Waals surface area contributed by atoms with Gasteiger partial charge in [0.25, 0.3) is 5.91 Å². The van der Waals surface area contributed by atoms with Crippen LogP contribution in [0.2, 0.25) is 0 Å². The van der Waals surface area contributed by atoms with Gasteiger partial charge in [-0.05, 0) is 49.2 Å². The van der Waals surface area contributed by atoms with Gasteiger partial charge in [-0.3, -0.25) is 4.79 Å². The third kappa shape index (κ3) is 10.6. The van der Waals surface area contributed by atoms with Gasteiger partial charge in [-0.2, -0.15) is 0 Å². The molecule has 3 aromatic carbocycles. The second kappa shape index (κ2) is 19.2. The number of carbonyl (C=O) groups excluding carboxylic acids is 3. The number of hydrogen-bond donors (Lipinski definition) is 3. The van der Waals surface area contributed by atoms with Crippen molar-refractivity contribution in [3.05, 3.63) is 107 Å². The number of hydrogen-bond acceptors (Lipinski definition) is 8. The molecule has 4 rings (SSSR count). The van der Waals surface area contributed by atoms with Crippen molar-refractivity contribution in [3.8, 4) is 28.0 Å². The van der Waals surface area contributed by atoms with Crippen molar-refractivity contribution in [3.63, 3.8) is 0 Å². The van der Waals surface area contributed by atoms with Crippen LogP contribution in [0.5, 0.6) is 5.75 Å². The minimum Gasteiger partial charge on any atom is -0.550 e. The molecule has 246 valence electrons. The van der Waals surface area contributed by atoms with Crippen molar-refractivity contribution >= 4 is 23.9 Å². The van der Waals surface area contributed by atoms with Gasteiger partial charge in [0.2, 0.25) is 0 Å². The van der Waals surface area contributed by atoms with Gasteiger partial charge in [-0.1, -0.05) is 60.7 Å². The standard InChI is InChI=1S/C36H37FN2O8.2Na/c1-21(2)39-29(16-15-27(40)18-28(41)19-31(42)43)32(23-11-13-26(37)14-12-23)33(22-7-5-4-6-8-22)34(39)35(44)38-20-25-10-9-24(36(45)46)17-30(25)47-3;;/h4-17,21,27-28,40-41H,18-20H2,1-3H3,(H,38,44)(H,42,43)(H,45,46);;/q;2*+1/p-2/b16-15+;;/t27-,28-;;/m1../s1. The molecule has 0 radical (unpaired) electrons. The van der Waals surface area contributed by atoms with Gasteiger partial charge in [0.1, 0.15) is 17.3 Å². The molecule has 3 N–H and O–H groups in total. The Morgan fingerprint density at radius 3 is 2.14 bits per heavy atom. The van der Waals surface area contributed by atoms with Gasteiger partial charge in [0, 0.05) is 59.3 Å². The first-order chi connectivity index (χ1) is 22.4. The molecule has 0 fully saturated rings. The van der Waals surface area contributed by atoms with Crippen LogP contribution in [0.3, 0.4) is 0 Å². The molecule has 1 aromatic heterocycles. The number of methoxy groups -OCH3 is 1. The van der Waals surface area contributed by atoms with Crippen molar-refractivity contribution in [2.75, 3.05) is 7.11 Å². The van der Waals surface area contributed by atoms with Crippen LogP contribution >= 0.6 is 0 Å². The number of benzene rings is 3. The first kappa shape index (κ1) is 41.9. The summed E-state index contributed by atoms with van der Waals surface area (Å²) < 4.78 is 21.2. The first-order valence-corrected chi connectivity index (χ1v) is 14.9. The van der Waals surface area contributed by atoms with Gasteiger partial charge < -0.3 is 44.6 Å². The summed E-state index contributed by atoms with van der Waals surface area (Å²) in [6.45, 7) is 3.73. The molecule has 0 unspecified atom stereocenters. The van der Waals surface area contributed by atoms with Crippen molar-refractivity contribution in [2.45, 2.75) is 51.5 Å². The zero-order chi connectivity index (χ0) is 34.2. The fourth-order valence-corrected chi connectivity index (χ4v) is 5.44. The first-order valence-electron chi connectivity index (χ1n) is 14.9. The van der Waals surface area contributed by atoms with Crippen LogP contribution in [0, 0.1) is 5.82 Å². The number of aliphatic carboxylic acids is 1. The quantitative estimate of drug-likeness (QED) is 0.119. The molecule has 0 aliphatic rings. The molecule has 49 heavy (non-hydrogen) atoms. The number of nitrogens with one attached hydrogen (secondary N) is 1. The van der Waals surface area contributed by atoms with Crippen molar-refractivity contribution in [1.29, 1.82) is 0 Å². The van der Waals surface area contributed by atoms with Crippen LogP contribution < -0.4 is 79.4 Å². The van der Waals surface area contributed by atoms with E-state index in [0.717, 1.165) is 0 Å². The van der Waals surface area contributed by atoms with E-state index in [0.29, 0.717) is 33.5 Å². The number of aromatic nitrogens is 1. The van der Waals surface area contributed by atoms with E-state index in [-0.39, 0.29) is 95.1 Å². The molecule has 0 bridgehead atoms. The fraction of sp³-hybridized carbons (Fsp3) is 0.250. The van der Waals surface area contributed by atoms with Gasteiger partial charge >= 0.3 is 59.1 Å². The van der Waals surface area contributed by atoms with Gasteiger partial charge in [-0.25, -0.2) is 4.39 Å². The largest absolute Gasteiger partial charge is 1.00 e. The molecular weight excluding hydrogens is 653 g/mol. The molecule has 2 atom stereocenters. The predicted octanol–water partition coefficient (Wildman–Crippen LogP) is -2.88. The number of aliphatic hydroxyl groups excluding tert-OH is 2. The van der Waals surface area contributed by atoms with Crippen LogP contribution in [0.1, 0.15) is 64.8 Å². The van der Waals surface area contributed by atoms with E-state index < -0.39 is 42.3 Å². The van der Waals surface area contributed by atoms with E-state index in [1.54, 1.807) is 22.8 Å². The van der Waals surface area contributed by atoms with Crippen molar-refractivity contribution < 1.29 is 103 Å². The maximum atomic E-state index is 14.2. The Labute approximate surface area is 328 Å².